The molecular formula is C30H37N5O2. The molecule has 0 spiro atoms. The van der Waals surface area contributed by atoms with Crippen LogP contribution in [0.15, 0.2) is 60.7 Å². The Labute approximate surface area is 220 Å². The van der Waals surface area contributed by atoms with E-state index < -0.39 is 0 Å². The Morgan fingerprint density at radius 3 is 2.38 bits per heavy atom. The van der Waals surface area contributed by atoms with Gasteiger partial charge in [-0.1, -0.05) is 61.4 Å². The Morgan fingerprint density at radius 2 is 1.68 bits per heavy atom. The number of carbonyl (C=O) groups is 2. The second kappa shape index (κ2) is 12.5. The van der Waals surface area contributed by atoms with Crippen molar-refractivity contribution >= 4 is 17.6 Å². The van der Waals surface area contributed by atoms with Crippen LogP contribution in [-0.2, 0) is 4.79 Å². The SMILES string of the molecule is CCCCN(CC(=O)N1CCCN(c2ccc(-c3ccc(C)cc3)nn2)CC1)C(=O)c1ccccc1C. The van der Waals surface area contributed by atoms with E-state index in [-0.39, 0.29) is 18.4 Å². The zero-order valence-electron chi connectivity index (χ0n) is 22.2. The summed E-state index contributed by atoms with van der Waals surface area (Å²) in [5.74, 6) is 0.755. The second-order valence-electron chi connectivity index (χ2n) is 9.76. The van der Waals surface area contributed by atoms with Gasteiger partial charge in [-0.15, -0.1) is 10.2 Å². The average molecular weight is 500 g/mol. The minimum atomic E-state index is -0.0692. The summed E-state index contributed by atoms with van der Waals surface area (Å²) in [5, 5.41) is 8.92. The smallest absolute Gasteiger partial charge is 0.254 e. The summed E-state index contributed by atoms with van der Waals surface area (Å²) in [4.78, 5) is 32.4. The van der Waals surface area contributed by atoms with Gasteiger partial charge in [-0.2, -0.15) is 0 Å². The zero-order chi connectivity index (χ0) is 26.2. The Bertz CT molecular complexity index is 1190. The predicted octanol–water partition coefficient (Wildman–Crippen LogP) is 4.74. The van der Waals surface area contributed by atoms with Crippen LogP contribution in [-0.4, -0.2) is 71.1 Å². The molecule has 0 bridgehead atoms. The first kappa shape index (κ1) is 26.3. The largest absolute Gasteiger partial charge is 0.353 e. The van der Waals surface area contributed by atoms with Crippen molar-refractivity contribution < 1.29 is 9.59 Å². The number of anilines is 1. The van der Waals surface area contributed by atoms with Gasteiger partial charge in [0.15, 0.2) is 5.82 Å². The highest BCUT2D eigenvalue weighted by molar-refractivity contribution is 5.97. The molecule has 0 atom stereocenters. The van der Waals surface area contributed by atoms with Gasteiger partial charge in [0, 0.05) is 43.9 Å². The molecule has 1 fully saturated rings. The molecule has 2 aromatic carbocycles. The first-order valence-corrected chi connectivity index (χ1v) is 13.2. The van der Waals surface area contributed by atoms with Crippen molar-refractivity contribution in [2.75, 3.05) is 44.2 Å². The number of rotatable bonds is 8. The second-order valence-corrected chi connectivity index (χ2v) is 9.76. The first-order valence-electron chi connectivity index (χ1n) is 13.2. The summed E-state index contributed by atoms with van der Waals surface area (Å²) in [6.07, 6.45) is 2.68. The van der Waals surface area contributed by atoms with Crippen LogP contribution in [0.2, 0.25) is 0 Å². The van der Waals surface area contributed by atoms with E-state index in [1.807, 2.05) is 48.2 Å². The number of aromatic nitrogens is 2. The van der Waals surface area contributed by atoms with Gasteiger partial charge < -0.3 is 14.7 Å². The molecule has 1 aliphatic heterocycles. The Kier molecular flexibility index (Phi) is 8.88. The van der Waals surface area contributed by atoms with Crippen LogP contribution in [0.1, 0.15) is 47.7 Å². The number of hydrogen-bond acceptors (Lipinski definition) is 5. The van der Waals surface area contributed by atoms with Crippen molar-refractivity contribution in [1.29, 1.82) is 0 Å². The number of carbonyl (C=O) groups excluding carboxylic acids is 2. The van der Waals surface area contributed by atoms with E-state index in [4.69, 9.17) is 0 Å². The molecule has 4 rings (SSSR count). The first-order chi connectivity index (χ1) is 18.0. The highest BCUT2D eigenvalue weighted by Crippen LogP contribution is 2.20. The molecule has 1 aliphatic rings. The van der Waals surface area contributed by atoms with Crippen LogP contribution < -0.4 is 4.90 Å². The van der Waals surface area contributed by atoms with E-state index in [0.29, 0.717) is 31.7 Å². The summed E-state index contributed by atoms with van der Waals surface area (Å²) in [6, 6.07) is 19.9. The third-order valence-corrected chi connectivity index (χ3v) is 6.94. The van der Waals surface area contributed by atoms with Crippen molar-refractivity contribution in [2.24, 2.45) is 0 Å². The fourth-order valence-corrected chi connectivity index (χ4v) is 4.62. The summed E-state index contributed by atoms with van der Waals surface area (Å²) < 4.78 is 0. The summed E-state index contributed by atoms with van der Waals surface area (Å²) in [5.41, 5.74) is 4.71. The number of benzene rings is 2. The van der Waals surface area contributed by atoms with Gasteiger partial charge in [0.05, 0.1) is 5.69 Å². The fraction of sp³-hybridized carbons (Fsp3) is 0.400. The molecule has 7 nitrogen and oxygen atoms in total. The van der Waals surface area contributed by atoms with E-state index in [2.05, 4.69) is 53.2 Å². The van der Waals surface area contributed by atoms with Gasteiger partial charge >= 0.3 is 0 Å². The molecule has 37 heavy (non-hydrogen) atoms. The summed E-state index contributed by atoms with van der Waals surface area (Å²) in [6.45, 7) is 9.55. The lowest BCUT2D eigenvalue weighted by Crippen LogP contribution is -2.44. The van der Waals surface area contributed by atoms with Crippen LogP contribution in [0.3, 0.4) is 0 Å². The third kappa shape index (κ3) is 6.73. The number of hydrogen-bond donors (Lipinski definition) is 0. The molecule has 1 aromatic heterocycles. The number of unbranched alkanes of at least 4 members (excludes halogenated alkanes) is 1. The fourth-order valence-electron chi connectivity index (χ4n) is 4.62. The molecule has 0 saturated carbocycles. The van der Waals surface area contributed by atoms with Crippen LogP contribution in [0.4, 0.5) is 5.82 Å². The molecular weight excluding hydrogens is 462 g/mol. The van der Waals surface area contributed by atoms with Crippen molar-refractivity contribution in [3.05, 3.63) is 77.4 Å². The molecule has 0 N–H and O–H groups in total. The van der Waals surface area contributed by atoms with Gasteiger partial charge in [-0.05, 0) is 50.5 Å². The number of nitrogens with zero attached hydrogens (tertiary/aromatic N) is 5. The summed E-state index contributed by atoms with van der Waals surface area (Å²) >= 11 is 0. The van der Waals surface area contributed by atoms with Gasteiger partial charge in [-0.3, -0.25) is 9.59 Å². The minimum Gasteiger partial charge on any atom is -0.353 e. The molecule has 0 unspecified atom stereocenters. The molecule has 2 amide bonds. The van der Waals surface area contributed by atoms with E-state index >= 15 is 0 Å². The lowest BCUT2D eigenvalue weighted by Gasteiger charge is -2.27. The lowest BCUT2D eigenvalue weighted by atomic mass is 10.1. The molecule has 0 aliphatic carbocycles. The zero-order valence-corrected chi connectivity index (χ0v) is 22.2. The van der Waals surface area contributed by atoms with E-state index in [9.17, 15) is 9.59 Å². The van der Waals surface area contributed by atoms with Crippen molar-refractivity contribution in [3.8, 4) is 11.3 Å². The quantitative estimate of drug-likeness (QED) is 0.448. The Balaban J connectivity index is 1.38. The maximum Gasteiger partial charge on any atom is 0.254 e. The molecule has 194 valence electrons. The van der Waals surface area contributed by atoms with Gasteiger partial charge in [0.25, 0.3) is 5.91 Å². The molecule has 3 aromatic rings. The monoisotopic (exact) mass is 499 g/mol. The molecule has 7 heteroatoms. The van der Waals surface area contributed by atoms with Gasteiger partial charge in [-0.25, -0.2) is 0 Å². The average Bonchev–Trinajstić information content (AvgIpc) is 3.18. The van der Waals surface area contributed by atoms with Crippen LogP contribution in [0, 0.1) is 13.8 Å². The summed E-state index contributed by atoms with van der Waals surface area (Å²) in [7, 11) is 0. The highest BCUT2D eigenvalue weighted by Gasteiger charge is 2.25. The standard InChI is InChI=1S/C30H37N5O2/c1-4-5-17-35(30(37)26-10-7-6-9-24(26)3)22-29(36)34-19-8-18-33(20-21-34)28-16-15-27(31-32-28)25-13-11-23(2)12-14-25/h6-7,9-16H,4-5,8,17-22H2,1-3H3. The number of aryl methyl sites for hydroxylation is 2. The van der Waals surface area contributed by atoms with E-state index in [1.165, 1.54) is 5.56 Å². The van der Waals surface area contributed by atoms with Crippen molar-refractivity contribution in [3.63, 3.8) is 0 Å². The minimum absolute atomic E-state index is 0.000639. The predicted molar refractivity (Wildman–Crippen MR) is 148 cm³/mol. The molecule has 0 radical (unpaired) electrons. The molecule has 2 heterocycles. The molecule has 1 saturated heterocycles. The number of amides is 2. The topological polar surface area (TPSA) is 69.6 Å². The lowest BCUT2D eigenvalue weighted by molar-refractivity contribution is -0.131. The van der Waals surface area contributed by atoms with Crippen LogP contribution in [0.5, 0.6) is 0 Å². The van der Waals surface area contributed by atoms with Crippen molar-refractivity contribution in [2.45, 2.75) is 40.0 Å². The van der Waals surface area contributed by atoms with Gasteiger partial charge in [0.2, 0.25) is 5.91 Å². The Hall–Kier alpha value is -3.74. The van der Waals surface area contributed by atoms with Crippen LogP contribution >= 0.6 is 0 Å². The third-order valence-electron chi connectivity index (χ3n) is 6.94. The van der Waals surface area contributed by atoms with Crippen molar-refractivity contribution in [1.82, 2.24) is 20.0 Å². The highest BCUT2D eigenvalue weighted by atomic mass is 16.2. The normalized spacial score (nSPS) is 13.8. The van der Waals surface area contributed by atoms with Crippen LogP contribution in [0.25, 0.3) is 11.3 Å². The van der Waals surface area contributed by atoms with E-state index in [0.717, 1.165) is 48.4 Å². The maximum atomic E-state index is 13.3. The van der Waals surface area contributed by atoms with Gasteiger partial charge in [0.1, 0.15) is 6.54 Å². The van der Waals surface area contributed by atoms with E-state index in [1.54, 1.807) is 4.90 Å². The maximum absolute atomic E-state index is 13.3. The Morgan fingerprint density at radius 1 is 0.892 bits per heavy atom.